The van der Waals surface area contributed by atoms with Crippen LogP contribution < -0.4 is 5.43 Å². The maximum atomic E-state index is 11.7. The first-order valence-electron chi connectivity index (χ1n) is 6.03. The molecule has 0 atom stereocenters. The smallest absolute Gasteiger partial charge is 0.258 e. The molecule has 1 aliphatic rings. The molecule has 1 aliphatic heterocycles. The zero-order chi connectivity index (χ0) is 12.1. The van der Waals surface area contributed by atoms with Crippen LogP contribution in [0.25, 0.3) is 6.08 Å². The van der Waals surface area contributed by atoms with E-state index >= 15 is 0 Å². The van der Waals surface area contributed by atoms with Gasteiger partial charge < -0.3 is 0 Å². The van der Waals surface area contributed by atoms with Crippen LogP contribution in [0.3, 0.4) is 0 Å². The van der Waals surface area contributed by atoms with Crippen LogP contribution in [-0.2, 0) is 4.79 Å². The van der Waals surface area contributed by atoms with Crippen molar-refractivity contribution in [1.29, 1.82) is 0 Å². The summed E-state index contributed by atoms with van der Waals surface area (Å²) in [5, 5.41) is 4.05. The summed E-state index contributed by atoms with van der Waals surface area (Å²) < 4.78 is 0. The maximum Gasteiger partial charge on any atom is 0.258 e. The second-order valence-corrected chi connectivity index (χ2v) is 5.27. The predicted molar refractivity (Wildman–Crippen MR) is 71.7 cm³/mol. The number of hydrazine groups is 1. The monoisotopic (exact) mass is 250 g/mol. The average molecular weight is 250 g/mol. The largest absolute Gasteiger partial charge is 0.285 e. The number of aryl methyl sites for hydroxylation is 1. The average Bonchev–Trinajstić information content (AvgIpc) is 2.74. The van der Waals surface area contributed by atoms with Gasteiger partial charge in [-0.1, -0.05) is 6.42 Å². The number of rotatable bonds is 3. The van der Waals surface area contributed by atoms with E-state index in [0.717, 1.165) is 18.0 Å². The number of carbonyl (C=O) groups excluding carboxylic acids is 1. The molecular formula is C13H18N2OS. The molecule has 0 unspecified atom stereocenters. The number of amides is 1. The third-order valence-corrected chi connectivity index (χ3v) is 3.90. The Morgan fingerprint density at radius 2 is 2.18 bits per heavy atom. The van der Waals surface area contributed by atoms with Gasteiger partial charge in [0.1, 0.15) is 0 Å². The summed E-state index contributed by atoms with van der Waals surface area (Å²) in [5.41, 5.74) is 4.13. The zero-order valence-electron chi connectivity index (χ0n) is 10.1. The summed E-state index contributed by atoms with van der Waals surface area (Å²) in [4.78, 5) is 12.8. The molecule has 4 heteroatoms. The Kier molecular flexibility index (Phi) is 4.34. The van der Waals surface area contributed by atoms with Gasteiger partial charge in [-0.15, -0.1) is 11.3 Å². The van der Waals surface area contributed by atoms with Gasteiger partial charge in [-0.25, -0.2) is 5.01 Å². The molecule has 0 radical (unpaired) electrons. The molecule has 0 aromatic carbocycles. The number of hydrogen-bond donors (Lipinski definition) is 1. The first-order chi connectivity index (χ1) is 8.25. The van der Waals surface area contributed by atoms with Crippen LogP contribution in [0, 0.1) is 6.92 Å². The molecule has 92 valence electrons. The van der Waals surface area contributed by atoms with Crippen molar-refractivity contribution in [1.82, 2.24) is 10.4 Å². The molecule has 0 aliphatic carbocycles. The molecule has 3 nitrogen and oxygen atoms in total. The summed E-state index contributed by atoms with van der Waals surface area (Å²) in [6.45, 7) is 3.99. The summed E-state index contributed by atoms with van der Waals surface area (Å²) in [6, 6.07) is 2.06. The van der Waals surface area contributed by atoms with Crippen LogP contribution in [0.5, 0.6) is 0 Å². The lowest BCUT2D eigenvalue weighted by Gasteiger charge is -2.26. The minimum absolute atomic E-state index is 0.0281. The fraction of sp³-hybridized carbons (Fsp3) is 0.462. The summed E-state index contributed by atoms with van der Waals surface area (Å²) in [7, 11) is 0. The lowest BCUT2D eigenvalue weighted by molar-refractivity contribution is -0.121. The summed E-state index contributed by atoms with van der Waals surface area (Å²) >= 11 is 1.66. The van der Waals surface area contributed by atoms with E-state index in [4.69, 9.17) is 0 Å². The van der Waals surface area contributed by atoms with Gasteiger partial charge in [0.05, 0.1) is 0 Å². The third-order valence-electron chi connectivity index (χ3n) is 2.91. The molecule has 1 N–H and O–H groups in total. The fourth-order valence-electron chi connectivity index (χ4n) is 1.91. The van der Waals surface area contributed by atoms with Gasteiger partial charge in [0.2, 0.25) is 0 Å². The quantitative estimate of drug-likeness (QED) is 0.836. The van der Waals surface area contributed by atoms with Crippen molar-refractivity contribution < 1.29 is 4.79 Å². The first-order valence-corrected chi connectivity index (χ1v) is 6.91. The molecule has 0 saturated carbocycles. The van der Waals surface area contributed by atoms with Gasteiger partial charge >= 0.3 is 0 Å². The van der Waals surface area contributed by atoms with Crippen molar-refractivity contribution >= 4 is 23.3 Å². The molecule has 1 fully saturated rings. The minimum atomic E-state index is -0.0281. The van der Waals surface area contributed by atoms with Crippen molar-refractivity contribution in [2.45, 2.75) is 26.2 Å². The lowest BCUT2D eigenvalue weighted by atomic mass is 10.2. The number of carbonyl (C=O) groups is 1. The molecule has 0 bridgehead atoms. The summed E-state index contributed by atoms with van der Waals surface area (Å²) in [6.07, 6.45) is 7.13. The van der Waals surface area contributed by atoms with Gasteiger partial charge in [-0.3, -0.25) is 10.2 Å². The number of hydrogen-bond acceptors (Lipinski definition) is 3. The Hall–Kier alpha value is -1.13. The highest BCUT2D eigenvalue weighted by atomic mass is 32.1. The van der Waals surface area contributed by atoms with Crippen molar-refractivity contribution in [3.8, 4) is 0 Å². The standard InChI is InChI=1S/C13H18N2OS/c1-11-7-10-17-12(11)5-6-13(16)14-15-8-3-2-4-9-15/h5-7,10H,2-4,8-9H2,1H3,(H,14,16)/b6-5+. The van der Waals surface area contributed by atoms with Crippen molar-refractivity contribution in [2.24, 2.45) is 0 Å². The number of piperidine rings is 1. The third kappa shape index (κ3) is 3.68. The molecule has 2 heterocycles. The van der Waals surface area contributed by atoms with Crippen molar-refractivity contribution in [2.75, 3.05) is 13.1 Å². The second kappa shape index (κ2) is 5.98. The molecule has 2 rings (SSSR count). The molecule has 1 amide bonds. The van der Waals surface area contributed by atoms with E-state index in [9.17, 15) is 4.79 Å². The van der Waals surface area contributed by atoms with E-state index in [1.54, 1.807) is 17.4 Å². The number of thiophene rings is 1. The van der Waals surface area contributed by atoms with Gasteiger partial charge in [0, 0.05) is 24.0 Å². The van der Waals surface area contributed by atoms with Crippen LogP contribution >= 0.6 is 11.3 Å². The topological polar surface area (TPSA) is 32.3 Å². The normalized spacial score (nSPS) is 17.5. The van der Waals surface area contributed by atoms with E-state index in [-0.39, 0.29) is 5.91 Å². The highest BCUT2D eigenvalue weighted by Gasteiger charge is 2.10. The van der Waals surface area contributed by atoms with Crippen LogP contribution in [0.4, 0.5) is 0 Å². The van der Waals surface area contributed by atoms with Gasteiger partial charge in [0.25, 0.3) is 5.91 Å². The Morgan fingerprint density at radius 1 is 1.41 bits per heavy atom. The Labute approximate surface area is 106 Å². The highest BCUT2D eigenvalue weighted by molar-refractivity contribution is 7.11. The summed E-state index contributed by atoms with van der Waals surface area (Å²) in [5.74, 6) is -0.0281. The SMILES string of the molecule is Cc1ccsc1/C=C/C(=O)NN1CCCCC1. The van der Waals surface area contributed by atoms with E-state index < -0.39 is 0 Å². The molecule has 1 aromatic rings. The minimum Gasteiger partial charge on any atom is -0.285 e. The molecule has 0 spiro atoms. The van der Waals surface area contributed by atoms with Gasteiger partial charge in [-0.2, -0.15) is 0 Å². The number of nitrogens with one attached hydrogen (secondary N) is 1. The fourth-order valence-corrected chi connectivity index (χ4v) is 2.72. The molecule has 1 aromatic heterocycles. The van der Waals surface area contributed by atoms with Crippen LogP contribution in [0.2, 0.25) is 0 Å². The van der Waals surface area contributed by atoms with Crippen molar-refractivity contribution in [3.63, 3.8) is 0 Å². The predicted octanol–water partition coefficient (Wildman–Crippen LogP) is 2.59. The Morgan fingerprint density at radius 3 is 2.82 bits per heavy atom. The van der Waals surface area contributed by atoms with Crippen LogP contribution in [-0.4, -0.2) is 24.0 Å². The lowest BCUT2D eigenvalue weighted by Crippen LogP contribution is -2.44. The van der Waals surface area contributed by atoms with Crippen LogP contribution in [0.15, 0.2) is 17.5 Å². The van der Waals surface area contributed by atoms with Gasteiger partial charge in [0.15, 0.2) is 0 Å². The van der Waals surface area contributed by atoms with Gasteiger partial charge in [-0.05, 0) is 42.9 Å². The second-order valence-electron chi connectivity index (χ2n) is 4.32. The Bertz CT molecular complexity index is 405. The van der Waals surface area contributed by atoms with Crippen molar-refractivity contribution in [3.05, 3.63) is 28.0 Å². The first kappa shape index (κ1) is 12.3. The van der Waals surface area contributed by atoms with E-state index in [0.29, 0.717) is 0 Å². The highest BCUT2D eigenvalue weighted by Crippen LogP contribution is 2.16. The number of nitrogens with zero attached hydrogens (tertiary/aromatic N) is 1. The zero-order valence-corrected chi connectivity index (χ0v) is 10.9. The van der Waals surface area contributed by atoms with E-state index in [1.165, 1.54) is 24.8 Å². The van der Waals surface area contributed by atoms with E-state index in [1.807, 2.05) is 16.5 Å². The van der Waals surface area contributed by atoms with E-state index in [2.05, 4.69) is 18.4 Å². The maximum absolute atomic E-state index is 11.7. The Balaban J connectivity index is 1.84. The van der Waals surface area contributed by atoms with Crippen LogP contribution in [0.1, 0.15) is 29.7 Å². The molecule has 1 saturated heterocycles. The molecular weight excluding hydrogens is 232 g/mol. The molecule has 17 heavy (non-hydrogen) atoms.